The Labute approximate surface area is 142 Å². The number of anilines is 1. The number of ether oxygens (including phenoxy) is 1. The van der Waals surface area contributed by atoms with Gasteiger partial charge in [-0.3, -0.25) is 4.79 Å². The largest absolute Gasteiger partial charge is 0.372 e. The van der Waals surface area contributed by atoms with Crippen LogP contribution in [0.4, 0.5) is 5.69 Å². The minimum absolute atomic E-state index is 0.0626. The number of carbonyl (C=O) groups excluding carboxylic acids is 1. The molecule has 0 aliphatic rings. The highest BCUT2D eigenvalue weighted by atomic mass is 32.1. The topological polar surface area (TPSA) is 42.4 Å². The summed E-state index contributed by atoms with van der Waals surface area (Å²) in [4.78, 5) is 19.1. The molecule has 124 valence electrons. The van der Waals surface area contributed by atoms with E-state index in [1.807, 2.05) is 52.1 Å². The molecule has 0 saturated carbocycles. The molecule has 0 radical (unpaired) electrons. The molecule has 0 aliphatic heterocycles. The van der Waals surface area contributed by atoms with Gasteiger partial charge < -0.3 is 9.64 Å². The van der Waals surface area contributed by atoms with Gasteiger partial charge in [0.05, 0.1) is 0 Å². The summed E-state index contributed by atoms with van der Waals surface area (Å²) in [6, 6.07) is 6.15. The lowest BCUT2D eigenvalue weighted by Crippen LogP contribution is -2.31. The summed E-state index contributed by atoms with van der Waals surface area (Å²) >= 11 is 1.47. The second-order valence-corrected chi connectivity index (χ2v) is 6.40. The lowest BCUT2D eigenvalue weighted by Gasteiger charge is -2.22. The van der Waals surface area contributed by atoms with Crippen molar-refractivity contribution in [2.45, 2.75) is 40.7 Å². The fraction of sp³-hybridized carbons (Fsp3) is 0.444. The van der Waals surface area contributed by atoms with Crippen molar-refractivity contribution in [1.29, 1.82) is 0 Å². The Bertz CT molecular complexity index is 681. The molecule has 0 bridgehead atoms. The lowest BCUT2D eigenvalue weighted by molar-refractivity contribution is 0.0760. The normalized spacial score (nSPS) is 12.2. The maximum absolute atomic E-state index is 12.9. The molecule has 1 aromatic heterocycles. The van der Waals surface area contributed by atoms with Crippen molar-refractivity contribution >= 4 is 22.9 Å². The van der Waals surface area contributed by atoms with Crippen LogP contribution in [0.1, 0.15) is 53.5 Å². The molecule has 1 unspecified atom stereocenters. The molecule has 4 nitrogen and oxygen atoms in total. The van der Waals surface area contributed by atoms with Crippen molar-refractivity contribution < 1.29 is 9.53 Å². The average molecular weight is 332 g/mol. The van der Waals surface area contributed by atoms with Gasteiger partial charge in [0.15, 0.2) is 0 Å². The van der Waals surface area contributed by atoms with Gasteiger partial charge in [-0.1, -0.05) is 12.1 Å². The first-order chi connectivity index (χ1) is 11.0. The minimum atomic E-state index is -0.0812. The zero-order valence-electron chi connectivity index (χ0n) is 14.4. The van der Waals surface area contributed by atoms with E-state index in [1.165, 1.54) is 11.3 Å². The van der Waals surface area contributed by atoms with Gasteiger partial charge >= 0.3 is 0 Å². The van der Waals surface area contributed by atoms with Crippen LogP contribution in [0.25, 0.3) is 0 Å². The summed E-state index contributed by atoms with van der Waals surface area (Å²) in [6.07, 6.45) is -0.0812. The highest BCUT2D eigenvalue weighted by Crippen LogP contribution is 2.26. The van der Waals surface area contributed by atoms with Crippen LogP contribution in [0.2, 0.25) is 0 Å². The van der Waals surface area contributed by atoms with Gasteiger partial charge in [0, 0.05) is 24.2 Å². The fourth-order valence-electron chi connectivity index (χ4n) is 2.47. The zero-order chi connectivity index (χ0) is 17.0. The molecule has 0 spiro atoms. The maximum atomic E-state index is 12.9. The van der Waals surface area contributed by atoms with E-state index in [0.29, 0.717) is 18.8 Å². The molecule has 0 aliphatic carbocycles. The third-order valence-corrected chi connectivity index (χ3v) is 4.73. The Morgan fingerprint density at radius 3 is 2.74 bits per heavy atom. The van der Waals surface area contributed by atoms with E-state index in [4.69, 9.17) is 4.74 Å². The molecule has 1 aromatic carbocycles. The second kappa shape index (κ2) is 7.70. The van der Waals surface area contributed by atoms with Crippen molar-refractivity contribution in [2.24, 2.45) is 0 Å². The van der Waals surface area contributed by atoms with Gasteiger partial charge in [0.1, 0.15) is 16.8 Å². The van der Waals surface area contributed by atoms with Crippen LogP contribution < -0.4 is 4.90 Å². The van der Waals surface area contributed by atoms with Crippen LogP contribution in [0.5, 0.6) is 0 Å². The predicted molar refractivity (Wildman–Crippen MR) is 95.4 cm³/mol. The van der Waals surface area contributed by atoms with Crippen LogP contribution in [-0.4, -0.2) is 24.0 Å². The molecule has 1 heterocycles. The van der Waals surface area contributed by atoms with Gasteiger partial charge in [0.25, 0.3) is 5.91 Å². The highest BCUT2D eigenvalue weighted by Gasteiger charge is 2.21. The van der Waals surface area contributed by atoms with E-state index < -0.39 is 0 Å². The first kappa shape index (κ1) is 17.6. The summed E-state index contributed by atoms with van der Waals surface area (Å²) in [5, 5.41) is 2.66. The number of hydrogen-bond donors (Lipinski definition) is 0. The quantitative estimate of drug-likeness (QED) is 0.781. The third kappa shape index (κ3) is 3.98. The third-order valence-electron chi connectivity index (χ3n) is 3.72. The summed E-state index contributed by atoms with van der Waals surface area (Å²) < 4.78 is 5.55. The van der Waals surface area contributed by atoms with Crippen molar-refractivity contribution in [2.75, 3.05) is 18.1 Å². The van der Waals surface area contributed by atoms with Crippen LogP contribution in [-0.2, 0) is 4.74 Å². The van der Waals surface area contributed by atoms with E-state index in [9.17, 15) is 4.79 Å². The number of amides is 1. The van der Waals surface area contributed by atoms with Crippen molar-refractivity contribution in [3.8, 4) is 0 Å². The maximum Gasteiger partial charge on any atom is 0.277 e. The van der Waals surface area contributed by atoms with Gasteiger partial charge in [-0.15, -0.1) is 11.3 Å². The Hall–Kier alpha value is -1.72. The number of benzene rings is 1. The number of aromatic nitrogens is 1. The molecule has 1 amide bonds. The molecular formula is C18H24N2O2S. The number of carbonyl (C=O) groups is 1. The summed E-state index contributed by atoms with van der Waals surface area (Å²) in [5.74, 6) is -0.0626. The predicted octanol–water partition coefficient (Wildman–Crippen LogP) is 4.52. The second-order valence-electron chi connectivity index (χ2n) is 5.51. The van der Waals surface area contributed by atoms with E-state index in [2.05, 4.69) is 11.1 Å². The van der Waals surface area contributed by atoms with E-state index in [-0.39, 0.29) is 12.0 Å². The zero-order valence-corrected chi connectivity index (χ0v) is 15.2. The number of nitrogens with zero attached hydrogens (tertiary/aromatic N) is 2. The molecule has 2 rings (SSSR count). The van der Waals surface area contributed by atoms with Crippen molar-refractivity contribution in [1.82, 2.24) is 4.98 Å². The first-order valence-corrected chi connectivity index (χ1v) is 8.82. The van der Waals surface area contributed by atoms with Gasteiger partial charge in [-0.2, -0.15) is 0 Å². The Balaban J connectivity index is 2.28. The molecule has 5 heteroatoms. The number of hydrogen-bond acceptors (Lipinski definition) is 4. The molecule has 2 aromatic rings. The molecule has 0 N–H and O–H groups in total. The van der Waals surface area contributed by atoms with E-state index in [0.717, 1.165) is 21.8 Å². The monoisotopic (exact) mass is 332 g/mol. The van der Waals surface area contributed by atoms with Crippen LogP contribution in [0, 0.1) is 13.8 Å². The van der Waals surface area contributed by atoms with Crippen LogP contribution >= 0.6 is 11.3 Å². The van der Waals surface area contributed by atoms with Gasteiger partial charge in [-0.25, -0.2) is 4.98 Å². The molecule has 1 atom stereocenters. The molecular weight excluding hydrogens is 308 g/mol. The highest BCUT2D eigenvalue weighted by molar-refractivity contribution is 7.09. The number of aryl methyl sites for hydroxylation is 2. The van der Waals surface area contributed by atoms with Crippen LogP contribution in [0.3, 0.4) is 0 Å². The van der Waals surface area contributed by atoms with E-state index >= 15 is 0 Å². The number of rotatable bonds is 6. The van der Waals surface area contributed by atoms with Gasteiger partial charge in [0.2, 0.25) is 0 Å². The van der Waals surface area contributed by atoms with Crippen molar-refractivity contribution in [3.63, 3.8) is 0 Å². The summed E-state index contributed by atoms with van der Waals surface area (Å²) in [7, 11) is 0. The van der Waals surface area contributed by atoms with E-state index in [1.54, 1.807) is 4.90 Å². The lowest BCUT2D eigenvalue weighted by atomic mass is 10.1. The molecule has 0 saturated heterocycles. The summed E-state index contributed by atoms with van der Waals surface area (Å²) in [6.45, 7) is 11.2. The average Bonchev–Trinajstić information content (AvgIpc) is 3.01. The SMILES string of the molecule is CCOC(C)c1nc(C(=O)N(CC)c2cc(C)ccc2C)cs1. The molecule has 0 fully saturated rings. The Morgan fingerprint density at radius 1 is 1.35 bits per heavy atom. The molecule has 23 heavy (non-hydrogen) atoms. The Kier molecular flexibility index (Phi) is 5.91. The Morgan fingerprint density at radius 2 is 2.09 bits per heavy atom. The van der Waals surface area contributed by atoms with Crippen LogP contribution in [0.15, 0.2) is 23.6 Å². The minimum Gasteiger partial charge on any atom is -0.372 e. The fourth-order valence-corrected chi connectivity index (χ4v) is 3.26. The number of thiazole rings is 1. The first-order valence-electron chi connectivity index (χ1n) is 7.94. The van der Waals surface area contributed by atoms with Crippen molar-refractivity contribution in [3.05, 3.63) is 45.4 Å². The smallest absolute Gasteiger partial charge is 0.277 e. The standard InChI is InChI=1S/C18H24N2O2S/c1-6-20(16-10-12(3)8-9-13(16)4)18(21)15-11-23-17(19-15)14(5)22-7-2/h8-11,14H,6-7H2,1-5H3. The summed E-state index contributed by atoms with van der Waals surface area (Å²) in [5.41, 5.74) is 3.66. The van der Waals surface area contributed by atoms with Gasteiger partial charge in [-0.05, 0) is 51.8 Å².